The maximum Gasteiger partial charge on any atom is 0.598 e. The molecule has 6 rings (SSSR count). The lowest BCUT2D eigenvalue weighted by Crippen LogP contribution is -1.93. The smallest absolute Gasteiger partial charge is 0.250 e. The average molecular weight is 456 g/mol. The summed E-state index contributed by atoms with van der Waals surface area (Å²) in [5, 5.41) is 5.37. The zero-order valence-electron chi connectivity index (χ0n) is 17.0. The lowest BCUT2D eigenvalue weighted by Gasteiger charge is -2.04. The monoisotopic (exact) mass is 456 g/mol. The second-order valence-electron chi connectivity index (χ2n) is 7.82. The molecule has 0 spiro atoms. The van der Waals surface area contributed by atoms with Gasteiger partial charge in [-0.2, -0.15) is 0 Å². The Morgan fingerprint density at radius 1 is 0.500 bits per heavy atom. The zero-order chi connectivity index (χ0) is 21.7. The molecular formula is C26H18O4P2+2. The molecule has 0 aliphatic heterocycles. The molecule has 2 unspecified atom stereocenters. The first-order valence-electron chi connectivity index (χ1n) is 10.4. The molecule has 4 aromatic carbocycles. The molecule has 0 aliphatic carbocycles. The third-order valence-corrected chi connectivity index (χ3v) is 8.50. The van der Waals surface area contributed by atoms with Crippen molar-refractivity contribution in [1.82, 2.24) is 0 Å². The predicted octanol–water partition coefficient (Wildman–Crippen LogP) is 8.76. The van der Waals surface area contributed by atoms with Crippen LogP contribution in [0.3, 0.4) is 0 Å². The third kappa shape index (κ3) is 3.07. The van der Waals surface area contributed by atoms with Crippen molar-refractivity contribution < 1.29 is 17.5 Å². The summed E-state index contributed by atoms with van der Waals surface area (Å²) in [5.41, 5.74) is 3.29. The first-order valence-corrected chi connectivity index (χ1v) is 12.8. The van der Waals surface area contributed by atoms with Gasteiger partial charge in [-0.3, -0.25) is 0 Å². The van der Waals surface area contributed by atoms with E-state index in [2.05, 4.69) is 0 Å². The highest BCUT2D eigenvalue weighted by atomic mass is 31.1. The average Bonchev–Trinajstić information content (AvgIpc) is 2.82. The van der Waals surface area contributed by atoms with Crippen molar-refractivity contribution in [2.45, 2.75) is 12.8 Å². The molecule has 2 atom stereocenters. The quantitative estimate of drug-likeness (QED) is 0.250. The van der Waals surface area contributed by atoms with Crippen molar-refractivity contribution in [2.24, 2.45) is 0 Å². The van der Waals surface area contributed by atoms with Crippen molar-refractivity contribution in [3.05, 3.63) is 96.1 Å². The van der Waals surface area contributed by atoms with Crippen molar-refractivity contribution in [3.63, 3.8) is 0 Å². The molecule has 0 saturated carbocycles. The number of aryl methyl sites for hydroxylation is 2. The highest BCUT2D eigenvalue weighted by Crippen LogP contribution is 2.40. The fourth-order valence-electron chi connectivity index (χ4n) is 4.53. The van der Waals surface area contributed by atoms with Crippen molar-refractivity contribution >= 4 is 58.3 Å². The van der Waals surface area contributed by atoms with E-state index in [1.807, 2.05) is 84.9 Å². The Hall–Kier alpha value is -3.32. The van der Waals surface area contributed by atoms with Gasteiger partial charge < -0.3 is 0 Å². The Labute approximate surface area is 184 Å². The number of rotatable bonds is 3. The summed E-state index contributed by atoms with van der Waals surface area (Å²) in [6.07, 6.45) is 1.33. The highest BCUT2D eigenvalue weighted by molar-refractivity contribution is 7.37. The summed E-state index contributed by atoms with van der Waals surface area (Å²) in [4.78, 5) is 0. The summed E-state index contributed by atoms with van der Waals surface area (Å²) in [6, 6.07) is 27.4. The molecule has 2 heterocycles. The molecule has 0 aliphatic rings. The van der Waals surface area contributed by atoms with Crippen molar-refractivity contribution in [3.8, 4) is 0 Å². The van der Waals surface area contributed by atoms with Crippen LogP contribution >= 0.6 is 15.3 Å². The van der Waals surface area contributed by atoms with E-state index in [0.29, 0.717) is 24.0 Å². The molecule has 32 heavy (non-hydrogen) atoms. The number of hydrogen-bond donors (Lipinski definition) is 0. The fraction of sp³-hybridized carbons (Fsp3) is 0.0769. The summed E-state index contributed by atoms with van der Waals surface area (Å²) in [6.45, 7) is 0. The first kappa shape index (κ1) is 19.4. The maximum absolute atomic E-state index is 13.0. The van der Waals surface area contributed by atoms with Crippen LogP contribution in [0, 0.1) is 0 Å². The van der Waals surface area contributed by atoms with Gasteiger partial charge in [0.25, 0.3) is 0 Å². The van der Waals surface area contributed by atoms with E-state index in [4.69, 9.17) is 8.39 Å². The summed E-state index contributed by atoms with van der Waals surface area (Å²) in [7, 11) is -3.96. The van der Waals surface area contributed by atoms with E-state index in [-0.39, 0.29) is 0 Å². The molecule has 0 bridgehead atoms. The minimum absolute atomic E-state index is 0.656. The Bertz CT molecular complexity index is 1650. The molecule has 0 N–H and O–H groups in total. The van der Waals surface area contributed by atoms with Gasteiger partial charge in [0.2, 0.25) is 10.2 Å². The van der Waals surface area contributed by atoms with E-state index in [1.165, 1.54) is 0 Å². The summed E-state index contributed by atoms with van der Waals surface area (Å²) >= 11 is 0. The SMILES string of the molecule is O=[p+]1oc2ccccc2c2cccc(CCc3cccc4c5ccccc5o[p+](=O)c34)c21. The van der Waals surface area contributed by atoms with Gasteiger partial charge in [0.1, 0.15) is 0 Å². The largest absolute Gasteiger partial charge is 0.598 e. The van der Waals surface area contributed by atoms with E-state index >= 15 is 0 Å². The van der Waals surface area contributed by atoms with Crippen molar-refractivity contribution in [1.29, 1.82) is 0 Å². The minimum atomic E-state index is -1.98. The Morgan fingerprint density at radius 3 is 1.38 bits per heavy atom. The Morgan fingerprint density at radius 2 is 0.906 bits per heavy atom. The van der Waals surface area contributed by atoms with Crippen LogP contribution in [0.25, 0.3) is 42.9 Å². The molecule has 6 aromatic rings. The third-order valence-electron chi connectivity index (χ3n) is 5.98. The van der Waals surface area contributed by atoms with Gasteiger partial charge in [0.15, 0.2) is 11.2 Å². The van der Waals surface area contributed by atoms with Gasteiger partial charge >= 0.3 is 15.3 Å². The van der Waals surface area contributed by atoms with E-state index in [9.17, 15) is 9.13 Å². The molecule has 0 saturated heterocycles. The van der Waals surface area contributed by atoms with Crippen LogP contribution in [-0.4, -0.2) is 0 Å². The molecule has 2 aromatic heterocycles. The predicted molar refractivity (Wildman–Crippen MR) is 130 cm³/mol. The lowest BCUT2D eigenvalue weighted by molar-refractivity contribution is 0.562. The normalized spacial score (nSPS) is 12.8. The second-order valence-corrected chi connectivity index (χ2v) is 10.1. The molecule has 4 nitrogen and oxygen atoms in total. The van der Waals surface area contributed by atoms with Crippen LogP contribution in [0.15, 0.2) is 93.3 Å². The molecular weight excluding hydrogens is 438 g/mol. The van der Waals surface area contributed by atoms with Crippen molar-refractivity contribution in [2.75, 3.05) is 0 Å². The minimum Gasteiger partial charge on any atom is -0.250 e. The van der Waals surface area contributed by atoms with Crippen LogP contribution in [0.4, 0.5) is 0 Å². The standard InChI is InChI=1S/C26H18O4P2/c27-31-25-17(7-5-11-21(25)19-9-1-3-13-23(19)29-31)15-16-18-8-6-12-22-20-10-2-4-14-24(20)30-32(28)26(18)22/h1-14H,15-16H2/q+2. The second kappa shape index (κ2) is 7.67. The van der Waals surface area contributed by atoms with E-state index in [1.54, 1.807) is 0 Å². The van der Waals surface area contributed by atoms with Crippen LogP contribution in [-0.2, 0) is 22.0 Å². The Kier molecular flexibility index (Phi) is 4.64. The van der Waals surface area contributed by atoms with Gasteiger partial charge in [-0.15, -0.1) is 0 Å². The fourth-order valence-corrected chi connectivity index (χ4v) is 7.01. The van der Waals surface area contributed by atoms with Gasteiger partial charge in [-0.1, -0.05) is 60.7 Å². The highest BCUT2D eigenvalue weighted by Gasteiger charge is 2.23. The lowest BCUT2D eigenvalue weighted by atomic mass is 10.0. The van der Waals surface area contributed by atoms with Gasteiger partial charge in [-0.25, -0.2) is 8.39 Å². The van der Waals surface area contributed by atoms with Crippen LogP contribution < -0.4 is 0 Å². The molecule has 0 amide bonds. The van der Waals surface area contributed by atoms with Gasteiger partial charge in [0.05, 0.1) is 0 Å². The van der Waals surface area contributed by atoms with Gasteiger partial charge in [0, 0.05) is 32.7 Å². The molecule has 0 fully saturated rings. The molecule has 0 radical (unpaired) electrons. The van der Waals surface area contributed by atoms with Crippen LogP contribution in [0.5, 0.6) is 0 Å². The van der Waals surface area contributed by atoms with Gasteiger partial charge in [-0.05, 0) is 46.2 Å². The molecule has 154 valence electrons. The van der Waals surface area contributed by atoms with Crippen LogP contribution in [0.1, 0.15) is 11.1 Å². The van der Waals surface area contributed by atoms with E-state index in [0.717, 1.165) is 42.9 Å². The number of benzene rings is 4. The zero-order valence-corrected chi connectivity index (χ0v) is 18.8. The number of para-hydroxylation sites is 2. The molecule has 6 heteroatoms. The van der Waals surface area contributed by atoms with E-state index < -0.39 is 15.3 Å². The summed E-state index contributed by atoms with van der Waals surface area (Å²) in [5.74, 6) is 0. The first-order chi connectivity index (χ1) is 15.7. The maximum atomic E-state index is 13.0. The summed E-state index contributed by atoms with van der Waals surface area (Å²) < 4.78 is 37.4. The number of fused-ring (bicyclic) bond motifs is 6. The topological polar surface area (TPSA) is 60.4 Å². The van der Waals surface area contributed by atoms with Crippen LogP contribution in [0.2, 0.25) is 0 Å². The Balaban J connectivity index is 1.49. The number of hydrogen-bond acceptors (Lipinski definition) is 4.